The van der Waals surface area contributed by atoms with Crippen LogP contribution in [0.15, 0.2) is 55.0 Å². The fourth-order valence-electron chi connectivity index (χ4n) is 3.08. The van der Waals surface area contributed by atoms with Crippen LogP contribution >= 0.6 is 0 Å². The molecule has 1 aliphatic rings. The fourth-order valence-corrected chi connectivity index (χ4v) is 3.08. The number of β-amino-alcohol motifs (C(OH)–C–C–N with tert-alkyl or cyclic N) is 1. The van der Waals surface area contributed by atoms with E-state index in [1.807, 2.05) is 24.5 Å². The molecule has 1 aromatic carbocycles. The van der Waals surface area contributed by atoms with Gasteiger partial charge < -0.3 is 14.6 Å². The van der Waals surface area contributed by atoms with E-state index in [0.29, 0.717) is 36.6 Å². The van der Waals surface area contributed by atoms with Crippen LogP contribution in [-0.4, -0.2) is 49.5 Å². The van der Waals surface area contributed by atoms with Crippen LogP contribution in [0.25, 0.3) is 11.5 Å². The van der Waals surface area contributed by atoms with Crippen LogP contribution in [0.4, 0.5) is 4.39 Å². The van der Waals surface area contributed by atoms with Crippen molar-refractivity contribution < 1.29 is 14.3 Å². The summed E-state index contributed by atoms with van der Waals surface area (Å²) in [5, 5.41) is 14.0. The van der Waals surface area contributed by atoms with E-state index in [-0.39, 0.29) is 11.7 Å². The molecular weight excluding hydrogens is 323 g/mol. The number of halogens is 1. The van der Waals surface area contributed by atoms with Gasteiger partial charge in [0.05, 0.1) is 18.0 Å². The van der Waals surface area contributed by atoms with Crippen molar-refractivity contribution in [3.63, 3.8) is 0 Å². The minimum absolute atomic E-state index is 0.173. The molecule has 1 aliphatic heterocycles. The van der Waals surface area contributed by atoms with Crippen molar-refractivity contribution >= 4 is 5.91 Å². The molecule has 7 heteroatoms. The predicted octanol–water partition coefficient (Wildman–Crippen LogP) is 2.01. The van der Waals surface area contributed by atoms with Crippen LogP contribution in [-0.2, 0) is 0 Å². The third-order valence-corrected chi connectivity index (χ3v) is 4.35. The van der Waals surface area contributed by atoms with E-state index in [4.69, 9.17) is 0 Å². The van der Waals surface area contributed by atoms with Gasteiger partial charge in [-0.2, -0.15) is 5.10 Å². The van der Waals surface area contributed by atoms with Gasteiger partial charge in [-0.05, 0) is 42.8 Å². The number of rotatable bonds is 3. The highest BCUT2D eigenvalue weighted by Crippen LogP contribution is 2.23. The number of carbonyl (C=O) groups excluding carboxylic acids is 1. The van der Waals surface area contributed by atoms with Crippen LogP contribution in [0.1, 0.15) is 16.8 Å². The Morgan fingerprint density at radius 2 is 1.92 bits per heavy atom. The van der Waals surface area contributed by atoms with Gasteiger partial charge in [0, 0.05) is 25.5 Å². The lowest BCUT2D eigenvalue weighted by atomic mass is 10.2. The summed E-state index contributed by atoms with van der Waals surface area (Å²) in [4.78, 5) is 14.5. The highest BCUT2D eigenvalue weighted by atomic mass is 19.1. The Balaban J connectivity index is 1.80. The number of likely N-dealkylation sites (tertiary alicyclic amines) is 1. The number of carbonyl (C=O) groups is 1. The number of aliphatic hydroxyl groups excluding tert-OH is 1. The Kier molecular flexibility index (Phi) is 3.85. The molecule has 128 valence electrons. The van der Waals surface area contributed by atoms with Gasteiger partial charge >= 0.3 is 0 Å². The van der Waals surface area contributed by atoms with Crippen LogP contribution in [0.2, 0.25) is 0 Å². The van der Waals surface area contributed by atoms with E-state index in [0.717, 1.165) is 0 Å². The summed E-state index contributed by atoms with van der Waals surface area (Å²) in [6, 6.07) is 9.65. The zero-order valence-corrected chi connectivity index (χ0v) is 13.4. The van der Waals surface area contributed by atoms with Crippen LogP contribution in [0.5, 0.6) is 0 Å². The molecule has 0 unspecified atom stereocenters. The summed E-state index contributed by atoms with van der Waals surface area (Å²) < 4.78 is 16.6. The number of aliphatic hydroxyl groups is 1. The van der Waals surface area contributed by atoms with E-state index in [2.05, 4.69) is 5.10 Å². The van der Waals surface area contributed by atoms with E-state index in [1.165, 1.54) is 18.3 Å². The van der Waals surface area contributed by atoms with Crippen molar-refractivity contribution in [2.75, 3.05) is 13.1 Å². The maximum absolute atomic E-state index is 13.2. The van der Waals surface area contributed by atoms with Gasteiger partial charge in [0.2, 0.25) is 0 Å². The maximum atomic E-state index is 13.2. The Morgan fingerprint density at radius 1 is 1.20 bits per heavy atom. The summed E-state index contributed by atoms with van der Waals surface area (Å²) in [7, 11) is 0. The molecule has 1 fully saturated rings. The first-order chi connectivity index (χ1) is 12.1. The summed E-state index contributed by atoms with van der Waals surface area (Å²) in [6.07, 6.45) is 5.27. The number of hydrogen-bond acceptors (Lipinski definition) is 3. The summed E-state index contributed by atoms with van der Waals surface area (Å²) in [5.41, 5.74) is 1.10. The highest BCUT2D eigenvalue weighted by molar-refractivity contribution is 5.97. The largest absolute Gasteiger partial charge is 0.391 e. The maximum Gasteiger partial charge on any atom is 0.259 e. The second-order valence-electron chi connectivity index (χ2n) is 6.05. The lowest BCUT2D eigenvalue weighted by molar-refractivity contribution is 0.0765. The smallest absolute Gasteiger partial charge is 0.259 e. The summed E-state index contributed by atoms with van der Waals surface area (Å²) in [6.45, 7) is 0.846. The van der Waals surface area contributed by atoms with Crippen molar-refractivity contribution in [3.05, 3.63) is 66.4 Å². The molecule has 2 aromatic heterocycles. The molecular formula is C18H17FN4O2. The van der Waals surface area contributed by atoms with Crippen LogP contribution in [0.3, 0.4) is 0 Å². The number of hydrogen-bond donors (Lipinski definition) is 1. The lowest BCUT2D eigenvalue weighted by Crippen LogP contribution is -2.30. The minimum Gasteiger partial charge on any atom is -0.391 e. The molecule has 3 aromatic rings. The Bertz CT molecular complexity index is 886. The van der Waals surface area contributed by atoms with Crippen LogP contribution in [0, 0.1) is 5.82 Å². The van der Waals surface area contributed by atoms with Gasteiger partial charge in [0.15, 0.2) is 5.82 Å². The molecule has 0 saturated carbocycles. The SMILES string of the molecule is O=C(c1cnn(-c2ccc(F)cc2)c1-n1cccc1)N1CC[C@@H](O)C1. The molecule has 4 rings (SSSR count). The molecule has 1 N–H and O–H groups in total. The number of aromatic nitrogens is 3. The van der Waals surface area contributed by atoms with Gasteiger partial charge in [-0.15, -0.1) is 0 Å². The highest BCUT2D eigenvalue weighted by Gasteiger charge is 2.29. The molecule has 6 nitrogen and oxygen atoms in total. The molecule has 25 heavy (non-hydrogen) atoms. The van der Waals surface area contributed by atoms with E-state index in [9.17, 15) is 14.3 Å². The zero-order chi connectivity index (χ0) is 17.4. The summed E-state index contributed by atoms with van der Waals surface area (Å²) >= 11 is 0. The quantitative estimate of drug-likeness (QED) is 0.793. The third-order valence-electron chi connectivity index (χ3n) is 4.35. The van der Waals surface area contributed by atoms with Crippen molar-refractivity contribution in [1.82, 2.24) is 19.2 Å². The second-order valence-corrected chi connectivity index (χ2v) is 6.05. The van der Waals surface area contributed by atoms with E-state index >= 15 is 0 Å². The molecule has 1 saturated heterocycles. The molecule has 1 amide bonds. The van der Waals surface area contributed by atoms with Crippen molar-refractivity contribution in [1.29, 1.82) is 0 Å². The van der Waals surface area contributed by atoms with Crippen molar-refractivity contribution in [2.24, 2.45) is 0 Å². The molecule has 0 spiro atoms. The topological polar surface area (TPSA) is 63.3 Å². The molecule has 3 heterocycles. The number of nitrogens with zero attached hydrogens (tertiary/aromatic N) is 4. The monoisotopic (exact) mass is 340 g/mol. The fraction of sp³-hybridized carbons (Fsp3) is 0.222. The Morgan fingerprint density at radius 3 is 2.56 bits per heavy atom. The zero-order valence-electron chi connectivity index (χ0n) is 13.4. The molecule has 0 radical (unpaired) electrons. The minimum atomic E-state index is -0.480. The molecule has 0 aliphatic carbocycles. The first-order valence-corrected chi connectivity index (χ1v) is 8.08. The van der Waals surface area contributed by atoms with E-state index in [1.54, 1.807) is 26.3 Å². The Labute approximate surface area is 143 Å². The predicted molar refractivity (Wildman–Crippen MR) is 89.4 cm³/mol. The van der Waals surface area contributed by atoms with Crippen LogP contribution < -0.4 is 0 Å². The molecule has 0 bridgehead atoms. The van der Waals surface area contributed by atoms with Crippen molar-refractivity contribution in [2.45, 2.75) is 12.5 Å². The van der Waals surface area contributed by atoms with Gasteiger partial charge in [0.25, 0.3) is 5.91 Å². The Hall–Kier alpha value is -2.93. The van der Waals surface area contributed by atoms with Gasteiger partial charge in [-0.3, -0.25) is 4.79 Å². The first kappa shape index (κ1) is 15.6. The van der Waals surface area contributed by atoms with E-state index < -0.39 is 6.10 Å². The van der Waals surface area contributed by atoms with Gasteiger partial charge in [-0.25, -0.2) is 9.07 Å². The first-order valence-electron chi connectivity index (χ1n) is 8.08. The van der Waals surface area contributed by atoms with Gasteiger partial charge in [-0.1, -0.05) is 0 Å². The average molecular weight is 340 g/mol. The standard InChI is InChI=1S/C18H17FN4O2/c19-13-3-5-14(6-4-13)23-17(21-8-1-2-9-21)16(11-20-23)18(25)22-10-7-15(24)12-22/h1-6,8-9,11,15,24H,7,10,12H2/t15-/m1/s1. The number of benzene rings is 1. The lowest BCUT2D eigenvalue weighted by Gasteiger charge is -2.16. The third kappa shape index (κ3) is 2.83. The molecule has 1 atom stereocenters. The summed E-state index contributed by atoms with van der Waals surface area (Å²) in [5.74, 6) is 0.0809. The van der Waals surface area contributed by atoms with Crippen molar-refractivity contribution in [3.8, 4) is 11.5 Å². The van der Waals surface area contributed by atoms with Gasteiger partial charge in [0.1, 0.15) is 11.4 Å². The normalized spacial score (nSPS) is 17.2. The second kappa shape index (κ2) is 6.18. The average Bonchev–Trinajstić information content (AvgIpc) is 3.34. The number of amides is 1.